The Morgan fingerprint density at radius 1 is 0.294 bits per heavy atom. The molecule has 0 rings (SSSR count). The quantitative estimate of drug-likeness (QED) is 0.0169. The average molecular weight is 1590 g/mol. The molecule has 3 N–H and O–H groups in total. The maximum Gasteiger partial charge on any atom is 0.472 e. The van der Waals surface area contributed by atoms with Crippen molar-refractivity contribution in [3.8, 4) is 0 Å². The van der Waals surface area contributed by atoms with Crippen LogP contribution in [0.25, 0.3) is 0 Å². The third-order valence-electron chi connectivity index (χ3n) is 21.3. The molecule has 0 heterocycles. The number of unbranched alkanes of at least 4 members (excludes halogenated alkanes) is 52. The van der Waals surface area contributed by atoms with Crippen molar-refractivity contribution in [2.75, 3.05) is 39.6 Å². The van der Waals surface area contributed by atoms with E-state index in [1.54, 1.807) is 0 Å². The highest BCUT2D eigenvalue weighted by Gasteiger charge is 2.31. The van der Waals surface area contributed by atoms with Crippen LogP contribution in [0.1, 0.15) is 459 Å². The Bertz CT molecular complexity index is 2180. The van der Waals surface area contributed by atoms with Gasteiger partial charge in [0, 0.05) is 25.7 Å². The summed E-state index contributed by atoms with van der Waals surface area (Å²) in [7, 11) is -9.94. The summed E-state index contributed by atoms with van der Waals surface area (Å²) in [5.74, 6) is -0.386. The lowest BCUT2D eigenvalue weighted by molar-refractivity contribution is -0.161. The summed E-state index contributed by atoms with van der Waals surface area (Å²) in [4.78, 5) is 73.3. The van der Waals surface area contributed by atoms with Gasteiger partial charge in [0.1, 0.15) is 19.3 Å². The summed E-state index contributed by atoms with van der Waals surface area (Å²) < 4.78 is 68.9. The molecule has 0 radical (unpaired) electrons. The number of ether oxygens (including phenoxy) is 4. The molecular formula is C90H172O17P2. The number of phosphoric acid groups is 2. The maximum absolute atomic E-state index is 13.2. The SMILES string of the molecule is CCCCCC/C=C\C=C/CCCCCCCC(=O)O[C@H](COC(=O)CCCCCCCCCCCC)COP(=O)(O)OC[C@H](O)COP(=O)(O)OC[C@@H](COC(=O)CCCCCCCCCCCCCCCCCCCCC(C)CC)OC(=O)CCCCCCCCCCCCCCCCCCCCC(C)CC. The lowest BCUT2D eigenvalue weighted by atomic mass is 9.99. The number of esters is 4. The van der Waals surface area contributed by atoms with Gasteiger partial charge in [-0.05, 0) is 63.2 Å². The highest BCUT2D eigenvalue weighted by molar-refractivity contribution is 7.47. The average Bonchev–Trinajstić information content (AvgIpc) is 0.923. The molecule has 4 unspecified atom stereocenters. The molecule has 644 valence electrons. The van der Waals surface area contributed by atoms with Crippen LogP contribution in [-0.4, -0.2) is 96.7 Å². The van der Waals surface area contributed by atoms with Gasteiger partial charge in [-0.3, -0.25) is 37.3 Å². The van der Waals surface area contributed by atoms with Crippen molar-refractivity contribution in [3.05, 3.63) is 24.3 Å². The van der Waals surface area contributed by atoms with Crippen LogP contribution in [0, 0.1) is 11.8 Å². The van der Waals surface area contributed by atoms with E-state index in [-0.39, 0.29) is 25.7 Å². The van der Waals surface area contributed by atoms with E-state index >= 15 is 0 Å². The Kier molecular flexibility index (Phi) is 78.9. The van der Waals surface area contributed by atoms with Crippen molar-refractivity contribution in [2.45, 2.75) is 477 Å². The summed E-state index contributed by atoms with van der Waals surface area (Å²) in [6.45, 7) is 9.75. The highest BCUT2D eigenvalue weighted by atomic mass is 31.2. The molecule has 7 atom stereocenters. The van der Waals surface area contributed by atoms with Gasteiger partial charge in [-0.1, -0.05) is 406 Å². The fraction of sp³-hybridized carbons (Fsp3) is 0.911. The van der Waals surface area contributed by atoms with Gasteiger partial charge in [-0.25, -0.2) is 9.13 Å². The highest BCUT2D eigenvalue weighted by Crippen LogP contribution is 2.45. The molecule has 0 amide bonds. The summed E-state index contributed by atoms with van der Waals surface area (Å²) in [5, 5.41) is 10.7. The topological polar surface area (TPSA) is 237 Å². The smallest absolute Gasteiger partial charge is 0.462 e. The van der Waals surface area contributed by atoms with Crippen molar-refractivity contribution in [1.29, 1.82) is 0 Å². The number of phosphoric ester groups is 2. The number of hydrogen-bond acceptors (Lipinski definition) is 15. The van der Waals surface area contributed by atoms with E-state index in [0.717, 1.165) is 115 Å². The zero-order chi connectivity index (χ0) is 79.9. The Morgan fingerprint density at radius 2 is 0.514 bits per heavy atom. The standard InChI is InChI=1S/C90H172O17P2/c1-7-11-13-15-17-19-21-22-31-39-44-50-56-62-68-74-89(94)106-85(78-100-87(92)72-66-60-54-48-20-18-16-14-12-8-2)80-104-108(96,97)102-76-84(91)77-103-109(98,99)105-81-86(107-90(95)75-69-63-57-51-45-40-35-30-26-24-28-33-37-42-47-53-59-65-71-83(6)10-4)79-101-88(93)73-67-61-55-49-43-38-34-29-25-23-27-32-36-41-46-52-58-64-70-82(5)9-3/h19,21-22,31,82-86,91H,7-18,20,23-30,32-81H2,1-6H3,(H,96,97)(H,98,99)/b21-19-,31-22-/t82?,83?,84-,85+,86+/m0/s1. The molecule has 0 bridgehead atoms. The van der Waals surface area contributed by atoms with Crippen LogP contribution in [0.2, 0.25) is 0 Å². The van der Waals surface area contributed by atoms with E-state index in [0.29, 0.717) is 25.7 Å². The van der Waals surface area contributed by atoms with Crippen LogP contribution < -0.4 is 0 Å². The molecule has 109 heavy (non-hydrogen) atoms. The minimum absolute atomic E-state index is 0.0855. The first-order valence-electron chi connectivity index (χ1n) is 45.9. The van der Waals surface area contributed by atoms with Crippen molar-refractivity contribution in [1.82, 2.24) is 0 Å². The van der Waals surface area contributed by atoms with Gasteiger partial charge in [-0.2, -0.15) is 0 Å². The van der Waals surface area contributed by atoms with E-state index in [9.17, 15) is 43.2 Å². The van der Waals surface area contributed by atoms with Gasteiger partial charge in [0.15, 0.2) is 12.2 Å². The number of allylic oxidation sites excluding steroid dienone is 4. The Labute approximate surface area is 669 Å². The number of carbonyl (C=O) groups excluding carboxylic acids is 4. The van der Waals surface area contributed by atoms with Crippen molar-refractivity contribution >= 4 is 39.5 Å². The van der Waals surface area contributed by atoms with Crippen molar-refractivity contribution in [3.63, 3.8) is 0 Å². The summed E-state index contributed by atoms with van der Waals surface area (Å²) in [6, 6.07) is 0. The fourth-order valence-electron chi connectivity index (χ4n) is 13.5. The number of aliphatic hydroxyl groups excluding tert-OH is 1. The van der Waals surface area contributed by atoms with Crippen LogP contribution in [0.3, 0.4) is 0 Å². The molecule has 0 aliphatic carbocycles. The van der Waals surface area contributed by atoms with Crippen LogP contribution in [-0.2, 0) is 65.4 Å². The third-order valence-corrected chi connectivity index (χ3v) is 23.2. The van der Waals surface area contributed by atoms with Gasteiger partial charge in [-0.15, -0.1) is 0 Å². The van der Waals surface area contributed by atoms with Crippen LogP contribution in [0.5, 0.6) is 0 Å². The van der Waals surface area contributed by atoms with Gasteiger partial charge in [0.05, 0.1) is 26.4 Å². The van der Waals surface area contributed by atoms with Gasteiger partial charge >= 0.3 is 39.5 Å². The fourth-order valence-corrected chi connectivity index (χ4v) is 15.1. The summed E-state index contributed by atoms with van der Waals surface area (Å²) in [6.07, 6.45) is 77.2. The molecule has 17 nitrogen and oxygen atoms in total. The summed E-state index contributed by atoms with van der Waals surface area (Å²) in [5.41, 5.74) is 0. The molecule has 0 fully saturated rings. The van der Waals surface area contributed by atoms with E-state index in [4.69, 9.17) is 37.0 Å². The van der Waals surface area contributed by atoms with Gasteiger partial charge in [0.2, 0.25) is 0 Å². The summed E-state index contributed by atoms with van der Waals surface area (Å²) >= 11 is 0. The second kappa shape index (κ2) is 80.7. The molecular weight excluding hydrogens is 1410 g/mol. The lowest BCUT2D eigenvalue weighted by Gasteiger charge is -2.21. The molecule has 0 aromatic heterocycles. The zero-order valence-corrected chi connectivity index (χ0v) is 73.1. The normalized spacial score (nSPS) is 14.4. The van der Waals surface area contributed by atoms with E-state index in [1.807, 2.05) is 0 Å². The Balaban J connectivity index is 5.23. The second-order valence-corrected chi connectivity index (χ2v) is 35.0. The van der Waals surface area contributed by atoms with Gasteiger partial charge < -0.3 is 33.8 Å². The van der Waals surface area contributed by atoms with Crippen LogP contribution in [0.15, 0.2) is 24.3 Å². The molecule has 0 aliphatic rings. The second-order valence-electron chi connectivity index (χ2n) is 32.1. The zero-order valence-electron chi connectivity index (χ0n) is 71.4. The predicted octanol–water partition coefficient (Wildman–Crippen LogP) is 27.3. The predicted molar refractivity (Wildman–Crippen MR) is 451 cm³/mol. The monoisotopic (exact) mass is 1590 g/mol. The molecule has 0 spiro atoms. The van der Waals surface area contributed by atoms with Crippen LogP contribution in [0.4, 0.5) is 0 Å². The number of carbonyl (C=O) groups is 4. The molecule has 0 saturated heterocycles. The molecule has 0 saturated carbocycles. The minimum atomic E-state index is -4.97. The molecule has 0 aromatic rings. The van der Waals surface area contributed by atoms with E-state index < -0.39 is 97.5 Å². The Hall–Kier alpha value is -2.46. The Morgan fingerprint density at radius 3 is 0.780 bits per heavy atom. The third kappa shape index (κ3) is 80.5. The first-order chi connectivity index (χ1) is 52.9. The van der Waals surface area contributed by atoms with Crippen molar-refractivity contribution < 1.29 is 80.2 Å². The van der Waals surface area contributed by atoms with E-state index in [2.05, 4.69) is 65.8 Å². The maximum atomic E-state index is 13.2. The van der Waals surface area contributed by atoms with Crippen molar-refractivity contribution in [2.24, 2.45) is 11.8 Å². The molecule has 19 heteroatoms. The van der Waals surface area contributed by atoms with Gasteiger partial charge in [0.25, 0.3) is 0 Å². The molecule has 0 aromatic carbocycles. The number of hydrogen-bond donors (Lipinski definition) is 3. The first kappa shape index (κ1) is 107. The minimum Gasteiger partial charge on any atom is -0.462 e. The molecule has 0 aliphatic heterocycles. The first-order valence-corrected chi connectivity index (χ1v) is 48.9. The van der Waals surface area contributed by atoms with Crippen LogP contribution >= 0.6 is 15.6 Å². The largest absolute Gasteiger partial charge is 0.472 e. The number of aliphatic hydroxyl groups is 1. The number of rotatable bonds is 87. The lowest BCUT2D eigenvalue weighted by Crippen LogP contribution is -2.30. The van der Waals surface area contributed by atoms with E-state index in [1.165, 1.54) is 263 Å².